The zero-order chi connectivity index (χ0) is 15.9. The lowest BCUT2D eigenvalue weighted by Crippen LogP contribution is -2.42. The van der Waals surface area contributed by atoms with E-state index in [-0.39, 0.29) is 11.5 Å². The molecule has 0 bridgehead atoms. The van der Waals surface area contributed by atoms with Crippen LogP contribution in [0.4, 0.5) is 0 Å². The first-order chi connectivity index (χ1) is 9.84. The summed E-state index contributed by atoms with van der Waals surface area (Å²) >= 11 is 0. The van der Waals surface area contributed by atoms with Gasteiger partial charge in [-0.3, -0.25) is 4.79 Å². The van der Waals surface area contributed by atoms with Crippen molar-refractivity contribution in [2.45, 2.75) is 30.7 Å². The van der Waals surface area contributed by atoms with Gasteiger partial charge in [0.05, 0.1) is 17.5 Å². The number of nitrogens with one attached hydrogen (secondary N) is 1. The van der Waals surface area contributed by atoms with Crippen LogP contribution in [0.2, 0.25) is 0 Å². The van der Waals surface area contributed by atoms with Crippen LogP contribution in [-0.2, 0) is 14.6 Å². The Morgan fingerprint density at radius 2 is 2.14 bits per heavy atom. The zero-order valence-electron chi connectivity index (χ0n) is 12.3. The summed E-state index contributed by atoms with van der Waals surface area (Å²) < 4.78 is 28.4. The van der Waals surface area contributed by atoms with Crippen LogP contribution >= 0.6 is 0 Å². The molecule has 1 aromatic carbocycles. The normalized spacial score (nSPS) is 12.9. The largest absolute Gasteiger partial charge is 0.493 e. The molecule has 0 spiro atoms. The first-order valence-electron chi connectivity index (χ1n) is 6.80. The molecule has 0 fully saturated rings. The third-order valence-corrected chi connectivity index (χ3v) is 4.00. The van der Waals surface area contributed by atoms with E-state index in [9.17, 15) is 13.2 Å². The van der Waals surface area contributed by atoms with Crippen molar-refractivity contribution in [3.63, 3.8) is 0 Å². The summed E-state index contributed by atoms with van der Waals surface area (Å²) in [7, 11) is -3.26. The van der Waals surface area contributed by atoms with Gasteiger partial charge < -0.3 is 15.8 Å². The second-order valence-electron chi connectivity index (χ2n) is 4.79. The summed E-state index contributed by atoms with van der Waals surface area (Å²) in [6.45, 7) is 2.98. The van der Waals surface area contributed by atoms with Crippen LogP contribution in [-0.4, -0.2) is 39.8 Å². The van der Waals surface area contributed by atoms with Gasteiger partial charge in [0.1, 0.15) is 5.75 Å². The van der Waals surface area contributed by atoms with Gasteiger partial charge in [-0.1, -0.05) is 13.0 Å². The number of hydrogen-bond donors (Lipinski definition) is 2. The molecule has 0 aliphatic rings. The van der Waals surface area contributed by atoms with Gasteiger partial charge in [0.25, 0.3) is 0 Å². The molecule has 0 radical (unpaired) electrons. The lowest BCUT2D eigenvalue weighted by Gasteiger charge is -2.15. The molecule has 1 aromatic rings. The number of carbonyl (C=O) groups excluding carboxylic acids is 1. The number of benzene rings is 1. The summed E-state index contributed by atoms with van der Waals surface area (Å²) in [5.74, 6) is 0.0357. The number of hydrogen-bond acceptors (Lipinski definition) is 5. The van der Waals surface area contributed by atoms with Gasteiger partial charge in [0.15, 0.2) is 9.84 Å². The van der Waals surface area contributed by atoms with Crippen molar-refractivity contribution in [3.05, 3.63) is 24.3 Å². The maximum atomic E-state index is 11.4. The summed E-state index contributed by atoms with van der Waals surface area (Å²) in [4.78, 5) is 11.5. The van der Waals surface area contributed by atoms with Crippen molar-refractivity contribution in [1.82, 2.24) is 5.32 Å². The summed E-state index contributed by atoms with van der Waals surface area (Å²) in [6.07, 6.45) is 2.48. The smallest absolute Gasteiger partial charge is 0.234 e. The van der Waals surface area contributed by atoms with E-state index in [1.54, 1.807) is 12.1 Å². The molecule has 0 aliphatic heterocycles. The Balaban J connectivity index is 2.57. The highest BCUT2D eigenvalue weighted by Gasteiger charge is 2.14. The first kappa shape index (κ1) is 17.5. The molecular weight excluding hydrogens is 292 g/mol. The van der Waals surface area contributed by atoms with Crippen molar-refractivity contribution in [1.29, 1.82) is 0 Å². The topological polar surface area (TPSA) is 98.5 Å². The number of primary amides is 1. The third kappa shape index (κ3) is 6.14. The van der Waals surface area contributed by atoms with Gasteiger partial charge in [0.2, 0.25) is 5.91 Å². The van der Waals surface area contributed by atoms with Gasteiger partial charge in [-0.25, -0.2) is 8.42 Å². The van der Waals surface area contributed by atoms with Crippen LogP contribution in [0.15, 0.2) is 29.2 Å². The number of rotatable bonds is 9. The highest BCUT2D eigenvalue weighted by molar-refractivity contribution is 7.90. The Bertz CT molecular complexity index is 572. The third-order valence-electron chi connectivity index (χ3n) is 2.89. The molecule has 0 heterocycles. The minimum Gasteiger partial charge on any atom is -0.493 e. The number of sulfone groups is 1. The average Bonchev–Trinajstić information content (AvgIpc) is 2.41. The number of ether oxygens (including phenoxy) is 1. The molecule has 118 valence electrons. The predicted molar refractivity (Wildman–Crippen MR) is 80.9 cm³/mol. The van der Waals surface area contributed by atoms with Gasteiger partial charge in [-0.05, 0) is 31.2 Å². The fraction of sp³-hybridized carbons (Fsp3) is 0.500. The van der Waals surface area contributed by atoms with Crippen molar-refractivity contribution >= 4 is 15.7 Å². The highest BCUT2D eigenvalue weighted by Crippen LogP contribution is 2.17. The van der Waals surface area contributed by atoms with E-state index in [4.69, 9.17) is 10.5 Å². The van der Waals surface area contributed by atoms with Crippen LogP contribution < -0.4 is 15.8 Å². The SMILES string of the molecule is CCCNC(CCOc1cccc(S(C)(=O)=O)c1)C(N)=O. The van der Waals surface area contributed by atoms with Gasteiger partial charge in [-0.2, -0.15) is 0 Å². The molecule has 21 heavy (non-hydrogen) atoms. The first-order valence-corrected chi connectivity index (χ1v) is 8.69. The van der Waals surface area contributed by atoms with E-state index in [1.165, 1.54) is 12.1 Å². The van der Waals surface area contributed by atoms with Gasteiger partial charge >= 0.3 is 0 Å². The van der Waals surface area contributed by atoms with E-state index < -0.39 is 21.8 Å². The van der Waals surface area contributed by atoms with Crippen LogP contribution in [0, 0.1) is 0 Å². The Hall–Kier alpha value is -1.60. The molecule has 7 heteroatoms. The molecule has 1 unspecified atom stereocenters. The Morgan fingerprint density at radius 1 is 1.43 bits per heavy atom. The van der Waals surface area contributed by atoms with Gasteiger partial charge in [-0.15, -0.1) is 0 Å². The van der Waals surface area contributed by atoms with Crippen LogP contribution in [0.3, 0.4) is 0 Å². The molecular formula is C14H22N2O4S. The Kier molecular flexibility index (Phi) is 6.64. The monoisotopic (exact) mass is 314 g/mol. The molecule has 1 rings (SSSR count). The summed E-state index contributed by atoms with van der Waals surface area (Å²) in [5, 5.41) is 3.04. The number of nitrogens with two attached hydrogens (primary N) is 1. The maximum absolute atomic E-state index is 11.4. The number of amides is 1. The van der Waals surface area contributed by atoms with Crippen LogP contribution in [0.5, 0.6) is 5.75 Å². The lowest BCUT2D eigenvalue weighted by atomic mass is 10.2. The minimum absolute atomic E-state index is 0.204. The molecule has 1 amide bonds. The minimum atomic E-state index is -3.26. The number of carbonyl (C=O) groups is 1. The van der Waals surface area contributed by atoms with E-state index in [0.29, 0.717) is 18.7 Å². The fourth-order valence-electron chi connectivity index (χ4n) is 1.75. The van der Waals surface area contributed by atoms with Crippen molar-refractivity contribution in [2.75, 3.05) is 19.4 Å². The molecule has 6 nitrogen and oxygen atoms in total. The van der Waals surface area contributed by atoms with E-state index in [0.717, 1.165) is 12.7 Å². The second kappa shape index (κ2) is 7.99. The van der Waals surface area contributed by atoms with Crippen molar-refractivity contribution < 1.29 is 17.9 Å². The molecule has 3 N–H and O–H groups in total. The van der Waals surface area contributed by atoms with E-state index >= 15 is 0 Å². The molecule has 0 aromatic heterocycles. The Labute approximate surface area is 125 Å². The Morgan fingerprint density at radius 3 is 2.71 bits per heavy atom. The zero-order valence-corrected chi connectivity index (χ0v) is 13.2. The molecule has 0 saturated carbocycles. The maximum Gasteiger partial charge on any atom is 0.234 e. The van der Waals surface area contributed by atoms with Gasteiger partial charge in [0, 0.05) is 12.7 Å². The van der Waals surface area contributed by atoms with E-state index in [2.05, 4.69) is 5.32 Å². The fourth-order valence-corrected chi connectivity index (χ4v) is 2.41. The standard InChI is InChI=1S/C14H22N2O4S/c1-3-8-16-13(14(15)17)7-9-20-11-5-4-6-12(10-11)21(2,18)19/h4-6,10,13,16H,3,7-9H2,1-2H3,(H2,15,17). The molecule has 1 atom stereocenters. The molecule has 0 saturated heterocycles. The van der Waals surface area contributed by atoms with E-state index in [1.807, 2.05) is 6.92 Å². The second-order valence-corrected chi connectivity index (χ2v) is 6.81. The predicted octanol–water partition coefficient (Wildman–Crippen LogP) is 0.713. The quantitative estimate of drug-likeness (QED) is 0.699. The van der Waals surface area contributed by atoms with Crippen LogP contribution in [0.1, 0.15) is 19.8 Å². The van der Waals surface area contributed by atoms with Crippen LogP contribution in [0.25, 0.3) is 0 Å². The summed E-state index contributed by atoms with van der Waals surface area (Å²) in [5.41, 5.74) is 5.30. The highest BCUT2D eigenvalue weighted by atomic mass is 32.2. The van der Waals surface area contributed by atoms with Crippen molar-refractivity contribution in [3.8, 4) is 5.75 Å². The average molecular weight is 314 g/mol. The van der Waals surface area contributed by atoms with Crippen molar-refractivity contribution in [2.24, 2.45) is 5.73 Å². The summed E-state index contributed by atoms with van der Waals surface area (Å²) in [6, 6.07) is 5.83. The molecule has 0 aliphatic carbocycles. The lowest BCUT2D eigenvalue weighted by molar-refractivity contribution is -0.120.